The molecule has 3 aromatic rings. The van der Waals surface area contributed by atoms with Gasteiger partial charge in [0.25, 0.3) is 0 Å². The second-order valence-corrected chi connectivity index (χ2v) is 10.4. The Morgan fingerprint density at radius 3 is 2.53 bits per heavy atom. The predicted octanol–water partition coefficient (Wildman–Crippen LogP) is 3.77. The van der Waals surface area contributed by atoms with E-state index in [0.717, 1.165) is 6.07 Å². The van der Waals surface area contributed by atoms with Crippen LogP contribution in [0.25, 0.3) is 11.0 Å². The maximum Gasteiger partial charge on any atom is 0.416 e. The Bertz CT molecular complexity index is 1320. The average molecular weight is 496 g/mol. The lowest BCUT2D eigenvalue weighted by atomic mass is 9.97. The van der Waals surface area contributed by atoms with E-state index in [-0.39, 0.29) is 17.1 Å². The Kier molecular flexibility index (Phi) is 6.28. The van der Waals surface area contributed by atoms with E-state index in [1.54, 1.807) is 19.1 Å². The van der Waals surface area contributed by atoms with Crippen molar-refractivity contribution in [2.24, 2.45) is 0 Å². The molecule has 34 heavy (non-hydrogen) atoms. The molecule has 182 valence electrons. The molecule has 0 bridgehead atoms. The normalized spacial score (nSPS) is 16.9. The van der Waals surface area contributed by atoms with E-state index in [0.29, 0.717) is 47.1 Å². The van der Waals surface area contributed by atoms with Crippen molar-refractivity contribution >= 4 is 32.4 Å². The maximum absolute atomic E-state index is 13.4. The number of fused-ring (bicyclic) bond motifs is 1. The highest BCUT2D eigenvalue weighted by atomic mass is 32.2. The van der Waals surface area contributed by atoms with Gasteiger partial charge in [-0.05, 0) is 37.1 Å². The summed E-state index contributed by atoms with van der Waals surface area (Å²) in [6.07, 6.45) is -3.13. The van der Waals surface area contributed by atoms with E-state index in [9.17, 15) is 21.6 Å². The van der Waals surface area contributed by atoms with Crippen molar-refractivity contribution in [2.45, 2.75) is 26.1 Å². The summed E-state index contributed by atoms with van der Waals surface area (Å²) in [6, 6.07) is 5.37. The SMILES string of the molecule is COc1nc2ncnc(N[C@H](C)c3cccc(C(F)(F)F)c3C)c2cc1N1CCS(=O)(=O)CC1. The van der Waals surface area contributed by atoms with Gasteiger partial charge < -0.3 is 15.0 Å². The molecule has 0 spiro atoms. The Labute approximate surface area is 195 Å². The number of hydrogen-bond acceptors (Lipinski definition) is 8. The van der Waals surface area contributed by atoms with E-state index >= 15 is 0 Å². The van der Waals surface area contributed by atoms with E-state index in [1.165, 1.54) is 26.4 Å². The maximum atomic E-state index is 13.4. The van der Waals surface area contributed by atoms with E-state index in [4.69, 9.17) is 4.74 Å². The van der Waals surface area contributed by atoms with Gasteiger partial charge in [-0.3, -0.25) is 0 Å². The zero-order chi connectivity index (χ0) is 24.7. The molecule has 8 nitrogen and oxygen atoms in total. The number of ether oxygens (including phenoxy) is 1. The largest absolute Gasteiger partial charge is 0.479 e. The minimum atomic E-state index is -4.45. The number of benzene rings is 1. The molecule has 2 aromatic heterocycles. The molecule has 1 fully saturated rings. The van der Waals surface area contributed by atoms with Crippen molar-refractivity contribution in [3.8, 4) is 5.88 Å². The molecule has 0 radical (unpaired) electrons. The fourth-order valence-corrected chi connectivity index (χ4v) is 5.32. The van der Waals surface area contributed by atoms with Crippen LogP contribution in [0.15, 0.2) is 30.6 Å². The zero-order valence-electron chi connectivity index (χ0n) is 18.8. The lowest BCUT2D eigenvalue weighted by molar-refractivity contribution is -0.138. The minimum Gasteiger partial charge on any atom is -0.479 e. The number of nitrogens with zero attached hydrogens (tertiary/aromatic N) is 4. The second-order valence-electron chi connectivity index (χ2n) is 8.13. The van der Waals surface area contributed by atoms with Crippen LogP contribution in [0.4, 0.5) is 24.7 Å². The molecule has 0 saturated carbocycles. The number of pyridine rings is 1. The van der Waals surface area contributed by atoms with Gasteiger partial charge in [-0.2, -0.15) is 18.2 Å². The van der Waals surface area contributed by atoms with Crippen molar-refractivity contribution in [1.29, 1.82) is 0 Å². The standard InChI is InChI=1S/C22H24F3N5O3S/c1-13-15(5-4-6-17(13)22(23,24)25)14(2)28-19-16-11-18(30-7-9-34(31,32)10-8-30)21(33-3)29-20(16)27-12-26-19/h4-6,11-12,14H,7-10H2,1-3H3,(H,26,27,28,29)/t14-/m1/s1. The summed E-state index contributed by atoms with van der Waals surface area (Å²) in [5, 5.41) is 3.73. The van der Waals surface area contributed by atoms with Crippen LogP contribution in [-0.4, -0.2) is 55.1 Å². The quantitative estimate of drug-likeness (QED) is 0.572. The van der Waals surface area contributed by atoms with Gasteiger partial charge in [-0.25, -0.2) is 18.4 Å². The van der Waals surface area contributed by atoms with Crippen LogP contribution >= 0.6 is 0 Å². The molecule has 3 heterocycles. The molecule has 12 heteroatoms. The molecule has 1 N–H and O–H groups in total. The topological polar surface area (TPSA) is 97.3 Å². The van der Waals surface area contributed by atoms with Crippen molar-refractivity contribution < 1.29 is 26.3 Å². The third-order valence-corrected chi connectivity index (χ3v) is 7.56. The fraction of sp³-hybridized carbons (Fsp3) is 0.409. The van der Waals surface area contributed by atoms with Crippen LogP contribution in [0.3, 0.4) is 0 Å². The zero-order valence-corrected chi connectivity index (χ0v) is 19.7. The molecule has 1 aliphatic heterocycles. The summed E-state index contributed by atoms with van der Waals surface area (Å²) in [6.45, 7) is 3.79. The smallest absolute Gasteiger partial charge is 0.416 e. The molecule has 0 unspecified atom stereocenters. The summed E-state index contributed by atoms with van der Waals surface area (Å²) >= 11 is 0. The van der Waals surface area contributed by atoms with Gasteiger partial charge in [0.15, 0.2) is 15.5 Å². The van der Waals surface area contributed by atoms with E-state index in [2.05, 4.69) is 20.3 Å². The predicted molar refractivity (Wildman–Crippen MR) is 123 cm³/mol. The van der Waals surface area contributed by atoms with Crippen LogP contribution in [0, 0.1) is 6.92 Å². The molecule has 1 saturated heterocycles. The lowest BCUT2D eigenvalue weighted by Crippen LogP contribution is -2.40. The number of aromatic nitrogens is 3. The summed E-state index contributed by atoms with van der Waals surface area (Å²) in [5.74, 6) is 0.751. The number of anilines is 2. The van der Waals surface area contributed by atoms with Gasteiger partial charge in [-0.1, -0.05) is 12.1 Å². The molecule has 1 aliphatic rings. The minimum absolute atomic E-state index is 0.0243. The summed E-state index contributed by atoms with van der Waals surface area (Å²) in [4.78, 5) is 14.8. The number of nitrogens with one attached hydrogen (secondary N) is 1. The van der Waals surface area contributed by atoms with Crippen LogP contribution < -0.4 is 15.0 Å². The number of rotatable bonds is 5. The van der Waals surface area contributed by atoms with Crippen LogP contribution in [0.2, 0.25) is 0 Å². The number of hydrogen-bond donors (Lipinski definition) is 1. The van der Waals surface area contributed by atoms with E-state index < -0.39 is 27.6 Å². The third kappa shape index (κ3) is 4.72. The van der Waals surface area contributed by atoms with Gasteiger partial charge in [0, 0.05) is 13.1 Å². The first-order valence-electron chi connectivity index (χ1n) is 10.6. The van der Waals surface area contributed by atoms with Crippen molar-refractivity contribution in [3.05, 3.63) is 47.3 Å². The van der Waals surface area contributed by atoms with Crippen molar-refractivity contribution in [3.63, 3.8) is 0 Å². The Morgan fingerprint density at radius 1 is 1.18 bits per heavy atom. The van der Waals surface area contributed by atoms with Crippen molar-refractivity contribution in [1.82, 2.24) is 15.0 Å². The summed E-state index contributed by atoms with van der Waals surface area (Å²) < 4.78 is 69.2. The Morgan fingerprint density at radius 2 is 1.88 bits per heavy atom. The van der Waals surface area contributed by atoms with Gasteiger partial charge in [0.05, 0.1) is 35.6 Å². The monoisotopic (exact) mass is 495 g/mol. The first-order chi connectivity index (χ1) is 16.0. The molecule has 4 rings (SSSR count). The first-order valence-corrected chi connectivity index (χ1v) is 12.4. The number of alkyl halides is 3. The second kappa shape index (κ2) is 8.90. The highest BCUT2D eigenvalue weighted by Gasteiger charge is 2.33. The summed E-state index contributed by atoms with van der Waals surface area (Å²) in [7, 11) is -1.61. The fourth-order valence-electron chi connectivity index (χ4n) is 4.12. The molecule has 1 aromatic carbocycles. The molecular formula is C22H24F3N5O3S. The third-order valence-electron chi connectivity index (χ3n) is 5.95. The van der Waals surface area contributed by atoms with E-state index in [1.807, 2.05) is 4.90 Å². The average Bonchev–Trinajstić information content (AvgIpc) is 2.78. The lowest BCUT2D eigenvalue weighted by Gasteiger charge is -2.29. The first kappa shape index (κ1) is 24.0. The van der Waals surface area contributed by atoms with Gasteiger partial charge >= 0.3 is 6.18 Å². The van der Waals surface area contributed by atoms with Gasteiger partial charge in [0.1, 0.15) is 17.8 Å². The van der Waals surface area contributed by atoms with Crippen molar-refractivity contribution in [2.75, 3.05) is 41.9 Å². The molecule has 0 aliphatic carbocycles. The highest BCUT2D eigenvalue weighted by molar-refractivity contribution is 7.91. The van der Waals surface area contributed by atoms with Crippen LogP contribution in [-0.2, 0) is 16.0 Å². The Hall–Kier alpha value is -3.15. The highest BCUT2D eigenvalue weighted by Crippen LogP contribution is 2.37. The Balaban J connectivity index is 1.71. The van der Waals surface area contributed by atoms with Gasteiger partial charge in [-0.15, -0.1) is 0 Å². The van der Waals surface area contributed by atoms with Gasteiger partial charge in [0.2, 0.25) is 5.88 Å². The van der Waals surface area contributed by atoms with Crippen LogP contribution in [0.1, 0.15) is 29.7 Å². The molecule has 0 amide bonds. The summed E-state index contributed by atoms with van der Waals surface area (Å²) in [5.41, 5.74) is 0.897. The van der Waals surface area contributed by atoms with Crippen LogP contribution in [0.5, 0.6) is 5.88 Å². The number of sulfone groups is 1. The molecule has 1 atom stereocenters. The number of halogens is 3. The number of methoxy groups -OCH3 is 1. The molecular weight excluding hydrogens is 471 g/mol.